The average Bonchev–Trinajstić information content (AvgIpc) is 2.52. The molecule has 124 valence electrons. The zero-order valence-corrected chi connectivity index (χ0v) is 13.8. The van der Waals surface area contributed by atoms with Crippen molar-refractivity contribution in [2.75, 3.05) is 11.9 Å². The van der Waals surface area contributed by atoms with Crippen molar-refractivity contribution in [3.63, 3.8) is 0 Å². The largest absolute Gasteiger partial charge is 0.352 e. The number of hydrogen-bond acceptors (Lipinski definition) is 3. The SMILES string of the molecule is O=C1CCNC(C(=O)NC2CCCCC2)c2cc(Cl)ccc2N1. The van der Waals surface area contributed by atoms with Gasteiger partial charge in [-0.2, -0.15) is 0 Å². The molecule has 1 atom stereocenters. The van der Waals surface area contributed by atoms with Gasteiger partial charge >= 0.3 is 0 Å². The standard InChI is InChI=1S/C17H22ClN3O2/c18-11-6-7-14-13(10-11)16(19-9-8-15(22)21-14)17(23)20-12-4-2-1-3-5-12/h6-7,10,12,16,19H,1-5,8-9H2,(H,20,23)(H,21,22). The Morgan fingerprint density at radius 3 is 2.78 bits per heavy atom. The second kappa shape index (κ2) is 7.32. The molecule has 3 rings (SSSR count). The van der Waals surface area contributed by atoms with Crippen LogP contribution in [-0.2, 0) is 9.59 Å². The van der Waals surface area contributed by atoms with E-state index in [-0.39, 0.29) is 17.9 Å². The van der Waals surface area contributed by atoms with Gasteiger partial charge in [-0.1, -0.05) is 30.9 Å². The minimum atomic E-state index is -0.494. The van der Waals surface area contributed by atoms with Crippen LogP contribution < -0.4 is 16.0 Å². The van der Waals surface area contributed by atoms with Gasteiger partial charge in [0.1, 0.15) is 6.04 Å². The van der Waals surface area contributed by atoms with E-state index in [4.69, 9.17) is 11.6 Å². The normalized spacial score (nSPS) is 22.5. The summed E-state index contributed by atoms with van der Waals surface area (Å²) < 4.78 is 0. The Bertz CT molecular complexity index is 600. The van der Waals surface area contributed by atoms with Gasteiger partial charge in [0.2, 0.25) is 11.8 Å². The number of fused-ring (bicyclic) bond motifs is 1. The van der Waals surface area contributed by atoms with Gasteiger partial charge in [-0.25, -0.2) is 0 Å². The first-order valence-electron chi connectivity index (χ1n) is 8.26. The average molecular weight is 336 g/mol. The Labute approximate surface area is 141 Å². The van der Waals surface area contributed by atoms with E-state index in [1.807, 2.05) is 0 Å². The van der Waals surface area contributed by atoms with E-state index >= 15 is 0 Å². The van der Waals surface area contributed by atoms with Gasteiger partial charge in [0.25, 0.3) is 0 Å². The fourth-order valence-electron chi connectivity index (χ4n) is 3.30. The smallest absolute Gasteiger partial charge is 0.242 e. The summed E-state index contributed by atoms with van der Waals surface area (Å²) in [5.41, 5.74) is 1.37. The highest BCUT2D eigenvalue weighted by molar-refractivity contribution is 6.30. The van der Waals surface area contributed by atoms with Crippen molar-refractivity contribution in [1.82, 2.24) is 10.6 Å². The number of nitrogens with one attached hydrogen (secondary N) is 3. The first kappa shape index (κ1) is 16.3. The lowest BCUT2D eigenvalue weighted by Crippen LogP contribution is -2.45. The Hall–Kier alpha value is -1.59. The molecule has 0 spiro atoms. The van der Waals surface area contributed by atoms with E-state index in [9.17, 15) is 9.59 Å². The lowest BCUT2D eigenvalue weighted by atomic mass is 9.94. The van der Waals surface area contributed by atoms with Crippen LogP contribution in [0.3, 0.4) is 0 Å². The molecule has 1 aromatic rings. The van der Waals surface area contributed by atoms with E-state index in [0.29, 0.717) is 23.7 Å². The molecule has 0 saturated heterocycles. The van der Waals surface area contributed by atoms with Crippen LogP contribution in [0.2, 0.25) is 5.02 Å². The Morgan fingerprint density at radius 2 is 2.00 bits per heavy atom. The van der Waals surface area contributed by atoms with E-state index in [1.165, 1.54) is 19.3 Å². The maximum atomic E-state index is 12.8. The van der Waals surface area contributed by atoms with Crippen molar-refractivity contribution in [2.24, 2.45) is 0 Å². The van der Waals surface area contributed by atoms with Crippen LogP contribution in [0.4, 0.5) is 5.69 Å². The van der Waals surface area contributed by atoms with Crippen molar-refractivity contribution in [1.29, 1.82) is 0 Å². The minimum Gasteiger partial charge on any atom is -0.352 e. The maximum Gasteiger partial charge on any atom is 0.242 e. The predicted molar refractivity (Wildman–Crippen MR) is 90.5 cm³/mol. The zero-order valence-electron chi connectivity index (χ0n) is 13.0. The Kier molecular flexibility index (Phi) is 5.18. The minimum absolute atomic E-state index is 0.0448. The number of hydrogen-bond donors (Lipinski definition) is 3. The van der Waals surface area contributed by atoms with Gasteiger partial charge in [0.15, 0.2) is 0 Å². The van der Waals surface area contributed by atoms with Crippen molar-refractivity contribution in [3.8, 4) is 0 Å². The van der Waals surface area contributed by atoms with Crippen molar-refractivity contribution < 1.29 is 9.59 Å². The predicted octanol–water partition coefficient (Wildman–Crippen LogP) is 2.76. The molecule has 2 aliphatic rings. The summed E-state index contributed by atoms with van der Waals surface area (Å²) in [6.07, 6.45) is 6.01. The van der Waals surface area contributed by atoms with Gasteiger partial charge in [-0.05, 0) is 31.0 Å². The molecule has 5 nitrogen and oxygen atoms in total. The monoisotopic (exact) mass is 335 g/mol. The summed E-state index contributed by atoms with van der Waals surface area (Å²) in [6.45, 7) is 0.459. The first-order valence-corrected chi connectivity index (χ1v) is 8.64. The molecule has 1 aromatic carbocycles. The third-order valence-electron chi connectivity index (χ3n) is 4.51. The molecular formula is C17H22ClN3O2. The molecule has 2 amide bonds. The summed E-state index contributed by atoms with van der Waals surface area (Å²) >= 11 is 6.10. The number of amides is 2. The lowest BCUT2D eigenvalue weighted by Gasteiger charge is -2.28. The third kappa shape index (κ3) is 4.03. The molecule has 0 bridgehead atoms. The third-order valence-corrected chi connectivity index (χ3v) is 4.75. The molecule has 6 heteroatoms. The number of carbonyl (C=O) groups excluding carboxylic acids is 2. The quantitative estimate of drug-likeness (QED) is 0.778. The molecule has 3 N–H and O–H groups in total. The number of carbonyl (C=O) groups is 2. The van der Waals surface area contributed by atoms with Crippen LogP contribution in [0.25, 0.3) is 0 Å². The van der Waals surface area contributed by atoms with Gasteiger partial charge in [0.05, 0.1) is 0 Å². The van der Waals surface area contributed by atoms with E-state index < -0.39 is 6.04 Å². The molecule has 1 saturated carbocycles. The molecule has 23 heavy (non-hydrogen) atoms. The summed E-state index contributed by atoms with van der Waals surface area (Å²) in [5, 5.41) is 9.76. The maximum absolute atomic E-state index is 12.8. The second-order valence-corrected chi connectivity index (χ2v) is 6.70. The summed E-state index contributed by atoms with van der Waals surface area (Å²) in [4.78, 5) is 24.5. The fraction of sp³-hybridized carbons (Fsp3) is 0.529. The summed E-state index contributed by atoms with van der Waals surface area (Å²) in [6, 6.07) is 4.98. The molecule has 0 radical (unpaired) electrons. The number of rotatable bonds is 2. The topological polar surface area (TPSA) is 70.2 Å². The Morgan fingerprint density at radius 1 is 1.22 bits per heavy atom. The van der Waals surface area contributed by atoms with Crippen molar-refractivity contribution >= 4 is 29.1 Å². The van der Waals surface area contributed by atoms with Gasteiger partial charge < -0.3 is 16.0 Å². The van der Waals surface area contributed by atoms with Crippen LogP contribution >= 0.6 is 11.6 Å². The number of benzene rings is 1. The van der Waals surface area contributed by atoms with E-state index in [1.54, 1.807) is 18.2 Å². The second-order valence-electron chi connectivity index (χ2n) is 6.26. The van der Waals surface area contributed by atoms with Crippen molar-refractivity contribution in [3.05, 3.63) is 28.8 Å². The molecular weight excluding hydrogens is 314 g/mol. The molecule has 1 fully saturated rings. The van der Waals surface area contributed by atoms with E-state index in [0.717, 1.165) is 18.4 Å². The van der Waals surface area contributed by atoms with Crippen LogP contribution in [0.5, 0.6) is 0 Å². The van der Waals surface area contributed by atoms with Gasteiger partial charge in [0, 0.05) is 35.3 Å². The van der Waals surface area contributed by atoms with Gasteiger partial charge in [-0.3, -0.25) is 9.59 Å². The molecule has 0 aromatic heterocycles. The highest BCUT2D eigenvalue weighted by Crippen LogP contribution is 2.29. The zero-order chi connectivity index (χ0) is 16.2. The van der Waals surface area contributed by atoms with Crippen LogP contribution in [0.15, 0.2) is 18.2 Å². The van der Waals surface area contributed by atoms with Crippen molar-refractivity contribution in [2.45, 2.75) is 50.6 Å². The highest BCUT2D eigenvalue weighted by atomic mass is 35.5. The molecule has 1 aliphatic heterocycles. The number of anilines is 1. The highest BCUT2D eigenvalue weighted by Gasteiger charge is 2.28. The van der Waals surface area contributed by atoms with Crippen LogP contribution in [0.1, 0.15) is 50.1 Å². The van der Waals surface area contributed by atoms with Crippen LogP contribution in [0, 0.1) is 0 Å². The number of halogens is 1. The van der Waals surface area contributed by atoms with E-state index in [2.05, 4.69) is 16.0 Å². The lowest BCUT2D eigenvalue weighted by molar-refractivity contribution is -0.124. The van der Waals surface area contributed by atoms with Crippen LogP contribution in [-0.4, -0.2) is 24.4 Å². The van der Waals surface area contributed by atoms with Gasteiger partial charge in [-0.15, -0.1) is 0 Å². The Balaban J connectivity index is 1.82. The molecule has 1 aliphatic carbocycles. The molecule has 1 heterocycles. The first-order chi connectivity index (χ1) is 11.1. The fourth-order valence-corrected chi connectivity index (χ4v) is 3.48. The molecule has 1 unspecified atom stereocenters. The summed E-state index contributed by atoms with van der Waals surface area (Å²) in [5.74, 6) is -0.108. The summed E-state index contributed by atoms with van der Waals surface area (Å²) in [7, 11) is 0.